The number of esters is 1. The van der Waals surface area contributed by atoms with Crippen LogP contribution < -0.4 is 10.9 Å². The lowest BCUT2D eigenvalue weighted by Gasteiger charge is -2.15. The predicted octanol–water partition coefficient (Wildman–Crippen LogP) is 5.02. The van der Waals surface area contributed by atoms with E-state index in [1.54, 1.807) is 38.1 Å². The van der Waals surface area contributed by atoms with E-state index in [1.807, 2.05) is 30.3 Å². The molecule has 0 saturated carbocycles. The van der Waals surface area contributed by atoms with Crippen LogP contribution in [0.15, 0.2) is 65.7 Å². The van der Waals surface area contributed by atoms with E-state index in [0.29, 0.717) is 37.8 Å². The topological polar surface area (TPSA) is 90.3 Å². The Morgan fingerprint density at radius 3 is 2.59 bits per heavy atom. The monoisotopic (exact) mass is 495 g/mol. The third-order valence-electron chi connectivity index (χ3n) is 5.46. The molecule has 0 bridgehead atoms. The molecule has 4 rings (SSSR count). The van der Waals surface area contributed by atoms with Crippen LogP contribution in [-0.2, 0) is 16.0 Å². The maximum Gasteiger partial charge on any atom is 0.348 e. The van der Waals surface area contributed by atoms with E-state index in [0.717, 1.165) is 16.9 Å². The molecular weight excluding hydrogens is 474 g/mol. The van der Waals surface area contributed by atoms with E-state index >= 15 is 0 Å². The molecule has 4 aromatic rings. The van der Waals surface area contributed by atoms with Crippen LogP contribution in [0.2, 0.25) is 5.02 Å². The van der Waals surface area contributed by atoms with E-state index in [9.17, 15) is 14.4 Å². The molecular formula is C25H22ClN3O4S. The van der Waals surface area contributed by atoms with Crippen molar-refractivity contribution >= 4 is 50.7 Å². The quantitative estimate of drug-likeness (QED) is 0.363. The number of hydrogen-bond donors (Lipinski definition) is 1. The molecule has 174 valence electrons. The van der Waals surface area contributed by atoms with Gasteiger partial charge < -0.3 is 10.1 Å². The molecule has 1 amide bonds. The number of para-hydroxylation sites is 1. The summed E-state index contributed by atoms with van der Waals surface area (Å²) in [6, 6.07) is 15.7. The Balaban J connectivity index is 1.53. The van der Waals surface area contributed by atoms with Gasteiger partial charge in [-0.15, -0.1) is 11.3 Å². The molecule has 2 heterocycles. The molecule has 0 aliphatic carbocycles. The van der Waals surface area contributed by atoms with Crippen molar-refractivity contribution in [3.8, 4) is 0 Å². The molecule has 1 N–H and O–H groups in total. The highest BCUT2D eigenvalue weighted by Gasteiger charge is 2.24. The van der Waals surface area contributed by atoms with Gasteiger partial charge in [0, 0.05) is 6.42 Å². The lowest BCUT2D eigenvalue weighted by Crippen LogP contribution is -2.31. The summed E-state index contributed by atoms with van der Waals surface area (Å²) in [5.41, 5.74) is 1.62. The van der Waals surface area contributed by atoms with Gasteiger partial charge in [-0.3, -0.25) is 14.2 Å². The lowest BCUT2D eigenvalue weighted by atomic mass is 10.2. The number of aryl methyl sites for hydroxylation is 1. The number of nitrogens with one attached hydrogen (secondary N) is 1. The minimum absolute atomic E-state index is 0.230. The van der Waals surface area contributed by atoms with Crippen LogP contribution in [0.1, 0.15) is 33.8 Å². The van der Waals surface area contributed by atoms with E-state index in [-0.39, 0.29) is 6.61 Å². The fourth-order valence-corrected chi connectivity index (χ4v) is 4.72. The fraction of sp³-hybridized carbons (Fsp3) is 0.200. The van der Waals surface area contributed by atoms with Crippen LogP contribution >= 0.6 is 22.9 Å². The summed E-state index contributed by atoms with van der Waals surface area (Å²) in [6.45, 7) is 3.52. The molecule has 0 spiro atoms. The zero-order chi connectivity index (χ0) is 24.2. The molecule has 2 aromatic carbocycles. The predicted molar refractivity (Wildman–Crippen MR) is 134 cm³/mol. The van der Waals surface area contributed by atoms with Gasteiger partial charge in [0.05, 0.1) is 29.0 Å². The number of fused-ring (bicyclic) bond motifs is 1. The van der Waals surface area contributed by atoms with Crippen molar-refractivity contribution in [3.63, 3.8) is 0 Å². The van der Waals surface area contributed by atoms with Crippen LogP contribution in [0.4, 0.5) is 5.69 Å². The largest absolute Gasteiger partial charge is 0.461 e. The van der Waals surface area contributed by atoms with Crippen molar-refractivity contribution in [1.29, 1.82) is 0 Å². The second kappa shape index (κ2) is 10.2. The lowest BCUT2D eigenvalue weighted by molar-refractivity contribution is -0.118. The molecule has 0 radical (unpaired) electrons. The van der Waals surface area contributed by atoms with Crippen molar-refractivity contribution in [2.75, 3.05) is 11.9 Å². The second-order valence-electron chi connectivity index (χ2n) is 7.71. The summed E-state index contributed by atoms with van der Waals surface area (Å²) in [5.74, 6) is -0.906. The smallest absolute Gasteiger partial charge is 0.348 e. The average molecular weight is 496 g/mol. The van der Waals surface area contributed by atoms with Gasteiger partial charge in [-0.1, -0.05) is 54.1 Å². The van der Waals surface area contributed by atoms with Crippen LogP contribution in [0, 0.1) is 6.92 Å². The Hall–Kier alpha value is -3.49. The number of nitrogens with zero attached hydrogens (tertiary/aromatic N) is 2. The van der Waals surface area contributed by atoms with Gasteiger partial charge in [-0.05, 0) is 37.1 Å². The van der Waals surface area contributed by atoms with Crippen molar-refractivity contribution in [3.05, 3.63) is 92.3 Å². The number of hydrogen-bond acceptors (Lipinski definition) is 6. The highest BCUT2D eigenvalue weighted by molar-refractivity contribution is 7.20. The first kappa shape index (κ1) is 23.7. The summed E-state index contributed by atoms with van der Waals surface area (Å²) in [5, 5.41) is 3.43. The maximum absolute atomic E-state index is 13.2. The summed E-state index contributed by atoms with van der Waals surface area (Å²) in [6.07, 6.45) is 1.92. The number of carbonyl (C=O) groups excluding carboxylic acids is 2. The SMILES string of the molecule is Cc1c(C(=O)OCCc2ccccc2)sc2ncn(C(C)C(=O)Nc3ccccc3Cl)c(=O)c12. The number of ether oxygens (including phenoxy) is 1. The molecule has 0 fully saturated rings. The number of carbonyl (C=O) groups is 2. The van der Waals surface area contributed by atoms with E-state index in [4.69, 9.17) is 16.3 Å². The van der Waals surface area contributed by atoms with Crippen LogP contribution in [0.5, 0.6) is 0 Å². The molecule has 2 aromatic heterocycles. The normalized spacial score (nSPS) is 11.9. The van der Waals surface area contributed by atoms with Gasteiger partial charge in [0.25, 0.3) is 5.56 Å². The summed E-state index contributed by atoms with van der Waals surface area (Å²) < 4.78 is 6.68. The first-order valence-electron chi connectivity index (χ1n) is 10.6. The van der Waals surface area contributed by atoms with Crippen LogP contribution in [0.25, 0.3) is 10.2 Å². The number of halogens is 1. The molecule has 1 unspecified atom stereocenters. The molecule has 0 saturated heterocycles. The maximum atomic E-state index is 13.2. The summed E-state index contributed by atoms with van der Waals surface area (Å²) in [4.78, 5) is 43.7. The Labute approximate surface area is 205 Å². The Kier molecular flexibility index (Phi) is 7.09. The van der Waals surface area contributed by atoms with Crippen molar-refractivity contribution < 1.29 is 14.3 Å². The number of benzene rings is 2. The molecule has 1 atom stereocenters. The Morgan fingerprint density at radius 2 is 1.85 bits per heavy atom. The fourth-order valence-electron chi connectivity index (χ4n) is 3.51. The highest BCUT2D eigenvalue weighted by Crippen LogP contribution is 2.28. The van der Waals surface area contributed by atoms with Gasteiger partial charge in [0.15, 0.2) is 0 Å². The minimum atomic E-state index is -0.846. The molecule has 9 heteroatoms. The van der Waals surface area contributed by atoms with Gasteiger partial charge in [-0.2, -0.15) is 0 Å². The van der Waals surface area contributed by atoms with Crippen molar-refractivity contribution in [2.24, 2.45) is 0 Å². The number of anilines is 1. The summed E-state index contributed by atoms with van der Waals surface area (Å²) >= 11 is 7.22. The van der Waals surface area contributed by atoms with Crippen molar-refractivity contribution in [2.45, 2.75) is 26.3 Å². The molecule has 34 heavy (non-hydrogen) atoms. The van der Waals surface area contributed by atoms with Crippen LogP contribution in [-0.4, -0.2) is 28.0 Å². The molecule has 0 aliphatic rings. The Morgan fingerprint density at radius 1 is 1.15 bits per heavy atom. The average Bonchev–Trinajstić information content (AvgIpc) is 3.18. The van der Waals surface area contributed by atoms with Crippen LogP contribution in [0.3, 0.4) is 0 Å². The zero-order valence-corrected chi connectivity index (χ0v) is 20.2. The first-order chi connectivity index (χ1) is 16.4. The van der Waals surface area contributed by atoms with E-state index in [1.165, 1.54) is 10.9 Å². The minimum Gasteiger partial charge on any atom is -0.461 e. The van der Waals surface area contributed by atoms with Gasteiger partial charge in [0.2, 0.25) is 5.91 Å². The van der Waals surface area contributed by atoms with Crippen molar-refractivity contribution in [1.82, 2.24) is 9.55 Å². The van der Waals surface area contributed by atoms with Gasteiger partial charge in [-0.25, -0.2) is 9.78 Å². The number of rotatable bonds is 7. The standard InChI is InChI=1S/C25H22ClN3O4S/c1-15-20-23(34-21(15)25(32)33-13-12-17-8-4-3-5-9-17)27-14-29(24(20)31)16(2)22(30)28-19-11-7-6-10-18(19)26/h3-11,14,16H,12-13H2,1-2H3,(H,28,30). The third-order valence-corrected chi connectivity index (χ3v) is 6.97. The Bertz CT molecular complexity index is 1410. The third kappa shape index (κ3) is 4.88. The summed E-state index contributed by atoms with van der Waals surface area (Å²) in [7, 11) is 0. The molecule has 7 nitrogen and oxygen atoms in total. The number of thiophene rings is 1. The second-order valence-corrected chi connectivity index (χ2v) is 9.12. The number of aromatic nitrogens is 2. The van der Waals surface area contributed by atoms with E-state index in [2.05, 4.69) is 10.3 Å². The zero-order valence-electron chi connectivity index (χ0n) is 18.6. The number of amides is 1. The highest BCUT2D eigenvalue weighted by atomic mass is 35.5. The van der Waals surface area contributed by atoms with E-state index < -0.39 is 23.5 Å². The van der Waals surface area contributed by atoms with Gasteiger partial charge in [0.1, 0.15) is 15.7 Å². The van der Waals surface area contributed by atoms with Gasteiger partial charge >= 0.3 is 5.97 Å². The molecule has 0 aliphatic heterocycles. The first-order valence-corrected chi connectivity index (χ1v) is 11.8.